The number of ketones is 6. The Kier molecular flexibility index (Phi) is 10.3. The fourth-order valence-corrected chi connectivity index (χ4v) is 14.0. The van der Waals surface area contributed by atoms with Crippen LogP contribution in [-0.2, 0) is 12.8 Å². The second-order valence-corrected chi connectivity index (χ2v) is 19.7. The first kappa shape index (κ1) is 40.9. The first-order chi connectivity index (χ1) is 27.4. The van der Waals surface area contributed by atoms with Crippen LogP contribution in [0.3, 0.4) is 0 Å². The van der Waals surface area contributed by atoms with Crippen molar-refractivity contribution in [2.75, 3.05) is 0 Å². The topological polar surface area (TPSA) is 102 Å². The fourth-order valence-electron chi connectivity index (χ4n) is 7.49. The largest absolute Gasteiger partial charge is 0.372 e. The molecule has 0 bridgehead atoms. The van der Waals surface area contributed by atoms with Crippen molar-refractivity contribution in [3.63, 3.8) is 0 Å². The average molecular weight is 893 g/mol. The normalized spacial score (nSPS) is 17.6. The summed E-state index contributed by atoms with van der Waals surface area (Å²) in [4.78, 5) is 78.7. The van der Waals surface area contributed by atoms with Crippen LogP contribution in [0.1, 0.15) is 137 Å². The van der Waals surface area contributed by atoms with Gasteiger partial charge in [0, 0.05) is 40.4 Å². The smallest absolute Gasteiger partial charge is 0.287 e. The van der Waals surface area contributed by atoms with Crippen molar-refractivity contribution in [1.82, 2.24) is 0 Å². The third-order valence-electron chi connectivity index (χ3n) is 10.6. The molecule has 6 nitrogen and oxygen atoms in total. The molecule has 3 aliphatic carbocycles. The van der Waals surface area contributed by atoms with E-state index in [-0.39, 0.29) is 30.6 Å². The molecule has 0 amide bonds. The van der Waals surface area contributed by atoms with Crippen molar-refractivity contribution < 1.29 is 55.1 Å². The van der Waals surface area contributed by atoms with E-state index in [1.807, 2.05) is 13.8 Å². The molecule has 0 N–H and O–H groups in total. The number of aryl methyl sites for hydroxylation is 2. The lowest BCUT2D eigenvalue weighted by Crippen LogP contribution is -2.30. The second-order valence-electron chi connectivity index (χ2n) is 14.5. The summed E-state index contributed by atoms with van der Waals surface area (Å²) in [7, 11) is 0. The van der Waals surface area contributed by atoms with E-state index in [9.17, 15) is 46.3 Å². The number of halogens is 6. The molecule has 3 aliphatic rings. The summed E-state index contributed by atoms with van der Waals surface area (Å²) < 4.78 is 88.0. The van der Waals surface area contributed by atoms with Crippen LogP contribution >= 0.6 is 56.7 Å². The Hall–Kier alpha value is -3.90. The Morgan fingerprint density at radius 2 is 0.741 bits per heavy atom. The van der Waals surface area contributed by atoms with Crippen LogP contribution in [0.2, 0.25) is 0 Å². The lowest BCUT2D eigenvalue weighted by molar-refractivity contribution is 0.0187. The number of carbonyl (C=O) groups is 6. The number of hydrogen-bond acceptors (Lipinski definition) is 11. The number of unbranched alkanes of at least 4 members (excludes halogenated alkanes) is 6. The molecule has 5 aromatic heterocycles. The standard InChI is InChI=1S/C41H30F6O6S5/c1-3-5-7-9-11-17-13-21(54-27(17)23-15-19-29(56-23)37(52)39(42,43)33(19)48)31-25-26(36(51)41(46,47)35(25)50)32(58-31)22-14-18(12-10-8-6-4-2)28(55-22)24-16-20-30(57-24)38(53)40(44,45)34(20)49/h13-16H,3-12H2,1-2H3. The van der Waals surface area contributed by atoms with Gasteiger partial charge < -0.3 is 0 Å². The highest BCUT2D eigenvalue weighted by atomic mass is 32.1. The van der Waals surface area contributed by atoms with E-state index in [1.165, 1.54) is 12.1 Å². The van der Waals surface area contributed by atoms with Crippen molar-refractivity contribution in [3.05, 3.63) is 67.4 Å². The summed E-state index contributed by atoms with van der Waals surface area (Å²) in [5.41, 5.74) is -0.289. The molecule has 0 spiro atoms. The van der Waals surface area contributed by atoms with Crippen LogP contribution in [0.4, 0.5) is 26.3 Å². The number of rotatable bonds is 14. The number of alkyl halides is 6. The van der Waals surface area contributed by atoms with Crippen molar-refractivity contribution >= 4 is 91.4 Å². The molecule has 0 unspecified atom stereocenters. The van der Waals surface area contributed by atoms with Gasteiger partial charge in [-0.15, -0.1) is 56.7 Å². The Balaban J connectivity index is 1.26. The zero-order chi connectivity index (χ0) is 41.6. The Labute approximate surface area is 346 Å². The van der Waals surface area contributed by atoms with E-state index in [1.54, 1.807) is 12.1 Å². The van der Waals surface area contributed by atoms with Gasteiger partial charge in [-0.1, -0.05) is 52.4 Å². The molecule has 8 rings (SSSR count). The minimum absolute atomic E-state index is 0.0994. The lowest BCUT2D eigenvalue weighted by atomic mass is 10.0. The second kappa shape index (κ2) is 14.7. The molecule has 302 valence electrons. The van der Waals surface area contributed by atoms with E-state index in [4.69, 9.17) is 0 Å². The first-order valence-electron chi connectivity index (χ1n) is 18.6. The maximum absolute atomic E-state index is 15.4. The molecular formula is C41H30F6O6S5. The molecule has 58 heavy (non-hydrogen) atoms. The van der Waals surface area contributed by atoms with E-state index < -0.39 is 63.6 Å². The highest BCUT2D eigenvalue weighted by Gasteiger charge is 2.59. The highest BCUT2D eigenvalue weighted by Crippen LogP contribution is 2.56. The Morgan fingerprint density at radius 1 is 0.397 bits per heavy atom. The van der Waals surface area contributed by atoms with Gasteiger partial charge in [0.05, 0.1) is 30.6 Å². The summed E-state index contributed by atoms with van der Waals surface area (Å²) in [5, 5.41) is 0. The monoisotopic (exact) mass is 892 g/mol. The Bertz CT molecular complexity index is 2370. The van der Waals surface area contributed by atoms with Crippen molar-refractivity contribution in [3.8, 4) is 39.0 Å². The van der Waals surface area contributed by atoms with Gasteiger partial charge in [0.2, 0.25) is 23.1 Å². The quantitative estimate of drug-likeness (QED) is 0.0625. The van der Waals surface area contributed by atoms with Gasteiger partial charge in [0.25, 0.3) is 11.6 Å². The molecule has 0 fully saturated rings. The van der Waals surface area contributed by atoms with Crippen molar-refractivity contribution in [2.24, 2.45) is 0 Å². The molecule has 5 aromatic rings. The maximum atomic E-state index is 15.4. The SMILES string of the molecule is CCCCCCc1cc(-c2sc(-c3cc(CCCCCC)c(-c4cc5c(s4)C(=O)C(F)(F)C5=O)s3)c3c2C(=O)C(F)(F)C3=O)sc1-c1cc2c(s1)C(=O)C(F)(F)C2=O. The fraction of sp³-hybridized carbons (Fsp3) is 0.366. The lowest BCUT2D eigenvalue weighted by Gasteiger charge is -2.05. The van der Waals surface area contributed by atoms with E-state index in [2.05, 4.69) is 0 Å². The number of fused-ring (bicyclic) bond motifs is 3. The molecular weight excluding hydrogens is 863 g/mol. The van der Waals surface area contributed by atoms with Crippen LogP contribution in [0, 0.1) is 0 Å². The minimum atomic E-state index is -4.35. The summed E-state index contributed by atoms with van der Waals surface area (Å²) in [6, 6.07) is 5.93. The predicted octanol–water partition coefficient (Wildman–Crippen LogP) is 13.0. The highest BCUT2D eigenvalue weighted by molar-refractivity contribution is 7.30. The van der Waals surface area contributed by atoms with Crippen LogP contribution < -0.4 is 0 Å². The number of carbonyl (C=O) groups excluding carboxylic acids is 6. The Morgan fingerprint density at radius 3 is 1.10 bits per heavy atom. The minimum Gasteiger partial charge on any atom is -0.287 e. The average Bonchev–Trinajstić information content (AvgIpc) is 4.06. The van der Waals surface area contributed by atoms with Gasteiger partial charge in [0.15, 0.2) is 0 Å². The number of Topliss-reactive ketones (excluding diaryl/α,β-unsaturated/α-hetero) is 6. The number of thiophene rings is 5. The number of hydrogen-bond donors (Lipinski definition) is 0. The summed E-state index contributed by atoms with van der Waals surface area (Å²) in [6.45, 7) is 4.07. The van der Waals surface area contributed by atoms with Crippen LogP contribution in [0.5, 0.6) is 0 Å². The summed E-state index contributed by atoms with van der Waals surface area (Å²) in [6.07, 6.45) is 7.83. The molecule has 5 heterocycles. The summed E-state index contributed by atoms with van der Waals surface area (Å²) >= 11 is 4.62. The maximum Gasteiger partial charge on any atom is 0.372 e. The molecule has 0 atom stereocenters. The van der Waals surface area contributed by atoms with Crippen molar-refractivity contribution in [1.29, 1.82) is 0 Å². The van der Waals surface area contributed by atoms with Crippen LogP contribution in [0.25, 0.3) is 39.0 Å². The van der Waals surface area contributed by atoms with E-state index in [0.717, 1.165) is 95.2 Å². The zero-order valence-corrected chi connectivity index (χ0v) is 34.7. The molecule has 0 radical (unpaired) electrons. The van der Waals surface area contributed by atoms with Crippen molar-refractivity contribution in [2.45, 2.75) is 95.8 Å². The molecule has 0 saturated carbocycles. The van der Waals surface area contributed by atoms with Crippen LogP contribution in [0.15, 0.2) is 24.3 Å². The molecule has 0 aromatic carbocycles. The molecule has 0 saturated heterocycles. The third-order valence-corrected chi connectivity index (χ3v) is 17.1. The van der Waals surface area contributed by atoms with Gasteiger partial charge in [-0.05, 0) is 61.1 Å². The van der Waals surface area contributed by atoms with Crippen LogP contribution in [-0.4, -0.2) is 52.5 Å². The van der Waals surface area contributed by atoms with E-state index >= 15 is 8.78 Å². The van der Waals surface area contributed by atoms with Gasteiger partial charge in [0.1, 0.15) is 0 Å². The molecule has 0 aliphatic heterocycles. The third kappa shape index (κ3) is 6.20. The zero-order valence-electron chi connectivity index (χ0n) is 30.6. The molecule has 17 heteroatoms. The summed E-state index contributed by atoms with van der Waals surface area (Å²) in [5.74, 6) is -22.3. The first-order valence-corrected chi connectivity index (χ1v) is 22.7. The van der Waals surface area contributed by atoms with Gasteiger partial charge >= 0.3 is 17.8 Å². The van der Waals surface area contributed by atoms with E-state index in [0.29, 0.717) is 66.1 Å². The van der Waals surface area contributed by atoms with Gasteiger partial charge in [-0.25, -0.2) is 0 Å². The van der Waals surface area contributed by atoms with Gasteiger partial charge in [-0.3, -0.25) is 28.8 Å². The predicted molar refractivity (Wildman–Crippen MR) is 214 cm³/mol. The van der Waals surface area contributed by atoms with Gasteiger partial charge in [-0.2, -0.15) is 26.3 Å².